The smallest absolute Gasteiger partial charge is 0.262 e. The van der Waals surface area contributed by atoms with E-state index in [4.69, 9.17) is 0 Å². The highest BCUT2D eigenvalue weighted by Crippen LogP contribution is 2.09. The molecule has 136 valence electrons. The lowest BCUT2D eigenvalue weighted by Crippen LogP contribution is -2.48. The summed E-state index contributed by atoms with van der Waals surface area (Å²) in [6, 6.07) is 10.6. The highest BCUT2D eigenvalue weighted by Gasteiger charge is 2.24. The maximum Gasteiger partial charge on any atom is 0.262 e. The van der Waals surface area contributed by atoms with Gasteiger partial charge >= 0.3 is 0 Å². The van der Waals surface area contributed by atoms with Gasteiger partial charge in [-0.2, -0.15) is 5.10 Å². The van der Waals surface area contributed by atoms with Crippen LogP contribution >= 0.6 is 0 Å². The summed E-state index contributed by atoms with van der Waals surface area (Å²) in [5, 5.41) is 15.9. The van der Waals surface area contributed by atoms with Crippen molar-refractivity contribution < 1.29 is 19.1 Å². The van der Waals surface area contributed by atoms with E-state index in [0.717, 1.165) is 0 Å². The highest BCUT2D eigenvalue weighted by molar-refractivity contribution is 5.97. The molecule has 0 radical (unpaired) electrons. The first-order chi connectivity index (χ1) is 12.4. The number of carbonyl (C=O) groups is 2. The van der Waals surface area contributed by atoms with Crippen LogP contribution < -0.4 is 10.7 Å². The first-order valence-electron chi connectivity index (χ1n) is 8.05. The third kappa shape index (κ3) is 5.41. The maximum absolute atomic E-state index is 12.9. The van der Waals surface area contributed by atoms with Crippen molar-refractivity contribution in [2.75, 3.05) is 0 Å². The minimum absolute atomic E-state index is 0.0897. The standard InChI is InChI=1S/C19H20FN3O3/c1-12(2)17(22-18(25)14-6-8-15(20)9-7-14)19(26)23-21-11-13-4-3-5-16(24)10-13/h3-12,17,24H,1-2H3,(H,22,25)(H,23,26). The summed E-state index contributed by atoms with van der Waals surface area (Å²) in [4.78, 5) is 24.5. The molecule has 0 spiro atoms. The minimum atomic E-state index is -0.811. The third-order valence-electron chi connectivity index (χ3n) is 3.60. The van der Waals surface area contributed by atoms with Crippen molar-refractivity contribution in [2.24, 2.45) is 11.0 Å². The van der Waals surface area contributed by atoms with Crippen LogP contribution in [0.15, 0.2) is 53.6 Å². The summed E-state index contributed by atoms with van der Waals surface area (Å²) in [5.74, 6) is -1.49. The van der Waals surface area contributed by atoms with Gasteiger partial charge in [-0.25, -0.2) is 9.82 Å². The number of phenols is 1. The van der Waals surface area contributed by atoms with Crippen LogP contribution in [0.1, 0.15) is 29.8 Å². The zero-order chi connectivity index (χ0) is 19.1. The van der Waals surface area contributed by atoms with Crippen molar-refractivity contribution in [1.29, 1.82) is 0 Å². The quantitative estimate of drug-likeness (QED) is 0.548. The predicted molar refractivity (Wildman–Crippen MR) is 96.3 cm³/mol. The van der Waals surface area contributed by atoms with Crippen LogP contribution in [-0.2, 0) is 4.79 Å². The van der Waals surface area contributed by atoms with E-state index in [-0.39, 0.29) is 17.2 Å². The van der Waals surface area contributed by atoms with Crippen molar-refractivity contribution in [3.8, 4) is 5.75 Å². The summed E-state index contributed by atoms with van der Waals surface area (Å²) in [5.41, 5.74) is 3.24. The van der Waals surface area contributed by atoms with Gasteiger partial charge in [-0.1, -0.05) is 26.0 Å². The number of amides is 2. The minimum Gasteiger partial charge on any atom is -0.508 e. The molecule has 3 N–H and O–H groups in total. The monoisotopic (exact) mass is 357 g/mol. The molecule has 0 aliphatic carbocycles. The van der Waals surface area contributed by atoms with Crippen LogP contribution in [0.25, 0.3) is 0 Å². The van der Waals surface area contributed by atoms with Crippen molar-refractivity contribution in [2.45, 2.75) is 19.9 Å². The van der Waals surface area contributed by atoms with E-state index in [2.05, 4.69) is 15.8 Å². The summed E-state index contributed by atoms with van der Waals surface area (Å²) < 4.78 is 12.9. The van der Waals surface area contributed by atoms with Gasteiger partial charge in [-0.15, -0.1) is 0 Å². The van der Waals surface area contributed by atoms with Gasteiger partial charge < -0.3 is 10.4 Å². The van der Waals surface area contributed by atoms with Gasteiger partial charge in [-0.05, 0) is 47.9 Å². The molecule has 2 aromatic carbocycles. The van der Waals surface area contributed by atoms with Gasteiger partial charge in [0.1, 0.15) is 17.6 Å². The van der Waals surface area contributed by atoms with Crippen LogP contribution in [0.3, 0.4) is 0 Å². The number of nitrogens with zero attached hydrogens (tertiary/aromatic N) is 1. The topological polar surface area (TPSA) is 90.8 Å². The molecule has 0 bridgehead atoms. The Morgan fingerprint density at radius 1 is 1.15 bits per heavy atom. The van der Waals surface area contributed by atoms with Crippen LogP contribution in [0.2, 0.25) is 0 Å². The first-order valence-corrected chi connectivity index (χ1v) is 8.05. The second-order valence-electron chi connectivity index (χ2n) is 6.03. The van der Waals surface area contributed by atoms with E-state index in [1.807, 2.05) is 0 Å². The number of hydrogen-bond acceptors (Lipinski definition) is 4. The lowest BCUT2D eigenvalue weighted by Gasteiger charge is -2.20. The number of rotatable bonds is 6. The number of hydrogen-bond donors (Lipinski definition) is 3. The molecular weight excluding hydrogens is 337 g/mol. The maximum atomic E-state index is 12.9. The summed E-state index contributed by atoms with van der Waals surface area (Å²) in [6.45, 7) is 3.57. The predicted octanol–water partition coefficient (Wildman–Crippen LogP) is 2.44. The van der Waals surface area contributed by atoms with Crippen LogP contribution in [0.4, 0.5) is 4.39 Å². The number of carbonyl (C=O) groups excluding carboxylic acids is 2. The average molecular weight is 357 g/mol. The van der Waals surface area contributed by atoms with Gasteiger partial charge in [0.15, 0.2) is 0 Å². The molecule has 6 nitrogen and oxygen atoms in total. The third-order valence-corrected chi connectivity index (χ3v) is 3.60. The van der Waals surface area contributed by atoms with E-state index in [0.29, 0.717) is 5.56 Å². The number of benzene rings is 2. The molecule has 0 fully saturated rings. The van der Waals surface area contributed by atoms with Crippen molar-refractivity contribution in [1.82, 2.24) is 10.7 Å². The average Bonchev–Trinajstić information content (AvgIpc) is 2.59. The molecule has 0 aliphatic heterocycles. The fourth-order valence-electron chi connectivity index (χ4n) is 2.21. The number of halogens is 1. The van der Waals surface area contributed by atoms with Crippen molar-refractivity contribution in [3.05, 3.63) is 65.5 Å². The summed E-state index contributed by atoms with van der Waals surface area (Å²) in [6.07, 6.45) is 1.39. The number of phenolic OH excluding ortho intramolecular Hbond substituents is 1. The molecule has 0 saturated carbocycles. The van der Waals surface area contributed by atoms with Gasteiger partial charge in [0.2, 0.25) is 0 Å². The first kappa shape index (κ1) is 19.1. The molecule has 0 heterocycles. The lowest BCUT2D eigenvalue weighted by atomic mass is 10.0. The lowest BCUT2D eigenvalue weighted by molar-refractivity contribution is -0.123. The molecule has 1 atom stereocenters. The van der Waals surface area contributed by atoms with Crippen molar-refractivity contribution >= 4 is 18.0 Å². The van der Waals surface area contributed by atoms with E-state index in [9.17, 15) is 19.1 Å². The van der Waals surface area contributed by atoms with Crippen LogP contribution in [0, 0.1) is 11.7 Å². The van der Waals surface area contributed by atoms with Crippen LogP contribution in [0.5, 0.6) is 5.75 Å². The molecular formula is C19H20FN3O3. The molecule has 26 heavy (non-hydrogen) atoms. The van der Waals surface area contributed by atoms with Crippen LogP contribution in [-0.4, -0.2) is 29.2 Å². The van der Waals surface area contributed by atoms with Crippen molar-refractivity contribution in [3.63, 3.8) is 0 Å². The molecule has 0 saturated heterocycles. The number of nitrogens with one attached hydrogen (secondary N) is 2. The number of aromatic hydroxyl groups is 1. The molecule has 2 aromatic rings. The Bertz CT molecular complexity index is 804. The highest BCUT2D eigenvalue weighted by atomic mass is 19.1. The van der Waals surface area contributed by atoms with Gasteiger partial charge in [0, 0.05) is 5.56 Å². The second-order valence-corrected chi connectivity index (χ2v) is 6.03. The molecule has 0 aliphatic rings. The SMILES string of the molecule is CC(C)C(NC(=O)c1ccc(F)cc1)C(=O)NN=Cc1cccc(O)c1. The molecule has 2 amide bonds. The molecule has 0 aromatic heterocycles. The molecule has 7 heteroatoms. The zero-order valence-corrected chi connectivity index (χ0v) is 14.4. The zero-order valence-electron chi connectivity index (χ0n) is 14.4. The van der Waals surface area contributed by atoms with E-state index in [1.54, 1.807) is 26.0 Å². The van der Waals surface area contributed by atoms with Gasteiger partial charge in [0.25, 0.3) is 11.8 Å². The Morgan fingerprint density at radius 3 is 2.46 bits per heavy atom. The van der Waals surface area contributed by atoms with E-state index < -0.39 is 23.7 Å². The van der Waals surface area contributed by atoms with E-state index in [1.165, 1.54) is 42.6 Å². The number of hydrazone groups is 1. The Hall–Kier alpha value is -3.22. The van der Waals surface area contributed by atoms with Gasteiger partial charge in [0.05, 0.1) is 6.21 Å². The fourth-order valence-corrected chi connectivity index (χ4v) is 2.21. The summed E-state index contributed by atoms with van der Waals surface area (Å²) >= 11 is 0. The summed E-state index contributed by atoms with van der Waals surface area (Å²) in [7, 11) is 0. The van der Waals surface area contributed by atoms with E-state index >= 15 is 0 Å². The Balaban J connectivity index is 2.00. The molecule has 2 rings (SSSR count). The fraction of sp³-hybridized carbons (Fsp3) is 0.211. The van der Waals surface area contributed by atoms with Gasteiger partial charge in [-0.3, -0.25) is 9.59 Å². The Labute approximate surface area is 150 Å². The Kier molecular flexibility index (Phi) is 6.43. The molecule has 1 unspecified atom stereocenters. The second kappa shape index (κ2) is 8.75. The Morgan fingerprint density at radius 2 is 1.85 bits per heavy atom. The largest absolute Gasteiger partial charge is 0.508 e. The normalized spacial score (nSPS) is 12.2.